The maximum atomic E-state index is 14.9. The maximum Gasteiger partial charge on any atom is 0.261 e. The molecular weight excluding hydrogens is 415 g/mol. The van der Waals surface area contributed by atoms with E-state index in [1.165, 1.54) is 0 Å². The van der Waals surface area contributed by atoms with Crippen LogP contribution in [0.5, 0.6) is 0 Å². The lowest BCUT2D eigenvalue weighted by Gasteiger charge is -2.20. The molecule has 0 radical (unpaired) electrons. The van der Waals surface area contributed by atoms with Crippen LogP contribution in [-0.4, -0.2) is 10.5 Å². The minimum absolute atomic E-state index is 0.176. The number of para-hydroxylation sites is 1. The predicted octanol–water partition coefficient (Wildman–Crippen LogP) is 5.68. The van der Waals surface area contributed by atoms with E-state index in [1.807, 2.05) is 44.2 Å². The fourth-order valence-electron chi connectivity index (χ4n) is 3.80. The van der Waals surface area contributed by atoms with Crippen molar-refractivity contribution in [2.45, 2.75) is 47.1 Å². The van der Waals surface area contributed by atoms with Gasteiger partial charge in [0.1, 0.15) is 5.56 Å². The van der Waals surface area contributed by atoms with Gasteiger partial charge in [-0.25, -0.2) is 4.39 Å². The van der Waals surface area contributed by atoms with Crippen molar-refractivity contribution >= 4 is 23.2 Å². The monoisotopic (exact) mass is 440 g/mol. The molecule has 2 aromatic carbocycles. The largest absolute Gasteiger partial charge is 0.341 e. The van der Waals surface area contributed by atoms with Crippen LogP contribution in [0.15, 0.2) is 47.3 Å². The van der Waals surface area contributed by atoms with Gasteiger partial charge in [-0.2, -0.15) is 0 Å². The highest BCUT2D eigenvalue weighted by Crippen LogP contribution is 2.24. The third-order valence-electron chi connectivity index (χ3n) is 5.63. The molecule has 0 saturated heterocycles. The van der Waals surface area contributed by atoms with E-state index in [4.69, 9.17) is 11.6 Å². The van der Waals surface area contributed by atoms with Crippen LogP contribution in [-0.2, 0) is 19.4 Å². The fraction of sp³-hybridized carbons (Fsp3) is 0.280. The van der Waals surface area contributed by atoms with Gasteiger partial charge >= 0.3 is 0 Å². The first-order chi connectivity index (χ1) is 14.8. The number of halogens is 2. The minimum atomic E-state index is -0.913. The number of nitrogens with zero attached hydrogens (tertiary/aromatic N) is 1. The Labute approximate surface area is 186 Å². The molecule has 1 aromatic heterocycles. The number of amides is 1. The summed E-state index contributed by atoms with van der Waals surface area (Å²) in [4.78, 5) is 25.9. The number of benzene rings is 2. The first-order valence-corrected chi connectivity index (χ1v) is 10.7. The van der Waals surface area contributed by atoms with Crippen molar-refractivity contribution in [3.63, 3.8) is 0 Å². The van der Waals surface area contributed by atoms with Crippen molar-refractivity contribution in [3.05, 3.63) is 97.2 Å². The third kappa shape index (κ3) is 4.57. The number of aryl methyl sites for hydroxylation is 2. The Hall–Kier alpha value is -2.92. The first kappa shape index (κ1) is 22.8. The summed E-state index contributed by atoms with van der Waals surface area (Å²) in [5, 5.41) is 3.49. The van der Waals surface area contributed by atoms with E-state index in [0.29, 0.717) is 22.9 Å². The topological polar surface area (TPSA) is 51.1 Å². The Bertz CT molecular complexity index is 1160. The van der Waals surface area contributed by atoms with Crippen LogP contribution in [0.3, 0.4) is 0 Å². The first-order valence-electron chi connectivity index (χ1n) is 10.3. The van der Waals surface area contributed by atoms with Crippen LogP contribution >= 0.6 is 11.6 Å². The summed E-state index contributed by atoms with van der Waals surface area (Å²) < 4.78 is 16.5. The number of aromatic nitrogens is 1. The SMILES string of the molecule is CCc1cccc(CC)c1NC(=O)c1c(C)n(Cc2ccc(Cl)cc2)c(C)c(F)c1=O. The molecular formula is C25H26ClFN2O2. The van der Waals surface area contributed by atoms with E-state index in [-0.39, 0.29) is 11.3 Å². The van der Waals surface area contributed by atoms with Gasteiger partial charge in [0.2, 0.25) is 5.43 Å². The molecule has 0 bridgehead atoms. The Morgan fingerprint density at radius 3 is 2.13 bits per heavy atom. The number of pyridine rings is 1. The normalized spacial score (nSPS) is 10.9. The summed E-state index contributed by atoms with van der Waals surface area (Å²) in [6.45, 7) is 7.53. The molecule has 3 aromatic rings. The number of nitrogens with one attached hydrogen (secondary N) is 1. The maximum absolute atomic E-state index is 14.9. The Morgan fingerprint density at radius 2 is 1.58 bits per heavy atom. The van der Waals surface area contributed by atoms with Crippen LogP contribution in [0, 0.1) is 19.7 Å². The van der Waals surface area contributed by atoms with E-state index in [9.17, 15) is 14.0 Å². The molecule has 0 fully saturated rings. The molecule has 6 heteroatoms. The fourth-order valence-corrected chi connectivity index (χ4v) is 3.93. The highest BCUT2D eigenvalue weighted by molar-refractivity contribution is 6.30. The van der Waals surface area contributed by atoms with Gasteiger partial charge in [-0.05, 0) is 55.5 Å². The van der Waals surface area contributed by atoms with Gasteiger partial charge in [0.15, 0.2) is 5.82 Å². The molecule has 1 heterocycles. The summed E-state index contributed by atoms with van der Waals surface area (Å²) in [5.74, 6) is -1.51. The summed E-state index contributed by atoms with van der Waals surface area (Å²) in [6, 6.07) is 13.0. The highest BCUT2D eigenvalue weighted by atomic mass is 35.5. The van der Waals surface area contributed by atoms with Crippen LogP contribution in [0.25, 0.3) is 0 Å². The van der Waals surface area contributed by atoms with E-state index in [2.05, 4.69) is 5.32 Å². The number of carbonyl (C=O) groups excluding carboxylic acids is 1. The van der Waals surface area contributed by atoms with Gasteiger partial charge in [0, 0.05) is 22.9 Å². The summed E-state index contributed by atoms with van der Waals surface area (Å²) in [5.41, 5.74) is 3.08. The standard InChI is InChI=1S/C25H26ClFN2O2/c1-5-18-8-7-9-19(6-2)23(18)28-25(31)21-15(3)29(16(4)22(27)24(21)30)14-17-10-12-20(26)13-11-17/h7-13H,5-6,14H2,1-4H3,(H,28,31). The quantitative estimate of drug-likeness (QED) is 0.535. The molecule has 0 spiro atoms. The highest BCUT2D eigenvalue weighted by Gasteiger charge is 2.23. The lowest BCUT2D eigenvalue weighted by Crippen LogP contribution is -2.30. The van der Waals surface area contributed by atoms with Crippen molar-refractivity contribution < 1.29 is 9.18 Å². The molecule has 162 valence electrons. The third-order valence-corrected chi connectivity index (χ3v) is 5.89. The molecule has 0 unspecified atom stereocenters. The van der Waals surface area contributed by atoms with Crippen molar-refractivity contribution in [1.29, 1.82) is 0 Å². The van der Waals surface area contributed by atoms with E-state index < -0.39 is 17.2 Å². The molecule has 0 aliphatic heterocycles. The summed E-state index contributed by atoms with van der Waals surface area (Å²) in [6.07, 6.45) is 1.46. The summed E-state index contributed by atoms with van der Waals surface area (Å²) in [7, 11) is 0. The van der Waals surface area contributed by atoms with Gasteiger partial charge < -0.3 is 9.88 Å². The number of carbonyl (C=O) groups is 1. The predicted molar refractivity (Wildman–Crippen MR) is 124 cm³/mol. The zero-order chi connectivity index (χ0) is 22.7. The number of hydrogen-bond acceptors (Lipinski definition) is 2. The van der Waals surface area contributed by atoms with Gasteiger partial charge in [0.05, 0.1) is 5.69 Å². The minimum Gasteiger partial charge on any atom is -0.341 e. The van der Waals surface area contributed by atoms with E-state index >= 15 is 0 Å². The number of anilines is 1. The molecule has 3 rings (SSSR count). The lowest BCUT2D eigenvalue weighted by molar-refractivity contribution is 0.102. The molecule has 0 aliphatic carbocycles. The molecule has 0 saturated carbocycles. The molecule has 0 atom stereocenters. The van der Waals surface area contributed by atoms with Crippen LogP contribution in [0.1, 0.15) is 52.3 Å². The van der Waals surface area contributed by atoms with Gasteiger partial charge in [-0.3, -0.25) is 9.59 Å². The van der Waals surface area contributed by atoms with Crippen molar-refractivity contribution in [1.82, 2.24) is 4.57 Å². The van der Waals surface area contributed by atoms with Gasteiger partial charge in [0.25, 0.3) is 5.91 Å². The van der Waals surface area contributed by atoms with Gasteiger partial charge in [-0.15, -0.1) is 0 Å². The second kappa shape index (κ2) is 9.48. The van der Waals surface area contributed by atoms with Crippen molar-refractivity contribution in [2.24, 2.45) is 0 Å². The second-order valence-corrected chi connectivity index (χ2v) is 7.95. The molecule has 31 heavy (non-hydrogen) atoms. The molecule has 0 aliphatic rings. The Morgan fingerprint density at radius 1 is 1.00 bits per heavy atom. The van der Waals surface area contributed by atoms with Crippen LogP contribution in [0.4, 0.5) is 10.1 Å². The molecule has 1 amide bonds. The average molecular weight is 441 g/mol. The number of rotatable bonds is 6. The van der Waals surface area contributed by atoms with E-state index in [1.54, 1.807) is 30.5 Å². The van der Waals surface area contributed by atoms with Crippen LogP contribution < -0.4 is 10.7 Å². The Balaban J connectivity index is 2.07. The van der Waals surface area contributed by atoms with Crippen LogP contribution in [0.2, 0.25) is 5.02 Å². The van der Waals surface area contributed by atoms with Crippen molar-refractivity contribution in [2.75, 3.05) is 5.32 Å². The zero-order valence-electron chi connectivity index (χ0n) is 18.2. The van der Waals surface area contributed by atoms with Gasteiger partial charge in [-0.1, -0.05) is 55.8 Å². The summed E-state index contributed by atoms with van der Waals surface area (Å²) >= 11 is 5.96. The average Bonchev–Trinajstić information content (AvgIpc) is 2.76. The lowest BCUT2D eigenvalue weighted by atomic mass is 10.0. The Kier molecular flexibility index (Phi) is 6.96. The second-order valence-electron chi connectivity index (χ2n) is 7.51. The van der Waals surface area contributed by atoms with Crippen molar-refractivity contribution in [3.8, 4) is 0 Å². The molecule has 1 N–H and O–H groups in total. The smallest absolute Gasteiger partial charge is 0.261 e. The molecule has 4 nitrogen and oxygen atoms in total. The number of hydrogen-bond donors (Lipinski definition) is 1. The zero-order valence-corrected chi connectivity index (χ0v) is 18.9. The van der Waals surface area contributed by atoms with E-state index in [0.717, 1.165) is 29.5 Å².